The van der Waals surface area contributed by atoms with Crippen molar-refractivity contribution in [2.24, 2.45) is 7.05 Å². The number of hydrogen-bond donors (Lipinski definition) is 1. The summed E-state index contributed by atoms with van der Waals surface area (Å²) in [5, 5.41) is 12.5. The number of nitrogens with one attached hydrogen (secondary N) is 1. The van der Waals surface area contributed by atoms with Gasteiger partial charge in [0.05, 0.1) is 28.4 Å². The Morgan fingerprint density at radius 2 is 1.79 bits per heavy atom. The molecule has 3 heterocycles. The van der Waals surface area contributed by atoms with Gasteiger partial charge in [0.2, 0.25) is 5.91 Å². The van der Waals surface area contributed by atoms with Crippen LogP contribution in [0.5, 0.6) is 0 Å². The van der Waals surface area contributed by atoms with Gasteiger partial charge in [0.15, 0.2) is 5.16 Å². The van der Waals surface area contributed by atoms with Gasteiger partial charge in [-0.25, -0.2) is 9.50 Å². The zero-order valence-corrected chi connectivity index (χ0v) is 17.6. The van der Waals surface area contributed by atoms with Gasteiger partial charge in [-0.2, -0.15) is 10.2 Å². The Hall–Kier alpha value is -3.13. The first-order chi connectivity index (χ1) is 13.9. The summed E-state index contributed by atoms with van der Waals surface area (Å²) >= 11 is 1.37. The second-order valence-electron chi connectivity index (χ2n) is 6.97. The smallest absolute Gasteiger partial charge is 0.235 e. The lowest BCUT2D eigenvalue weighted by atomic mass is 10.1. The average Bonchev–Trinajstić information content (AvgIpc) is 3.20. The van der Waals surface area contributed by atoms with Crippen LogP contribution < -0.4 is 5.32 Å². The Balaban J connectivity index is 1.63. The summed E-state index contributed by atoms with van der Waals surface area (Å²) in [5.41, 5.74) is 5.74. The normalized spacial score (nSPS) is 11.2. The zero-order valence-electron chi connectivity index (χ0n) is 16.8. The fourth-order valence-corrected chi connectivity index (χ4v) is 4.08. The minimum Gasteiger partial charge on any atom is -0.310 e. The standard InChI is InChI=1S/C21H22N6OS/c1-13-10-14(2)25-27-20(13)19(16-8-6-5-7-9-16)23-21(27)29-12-18(28)22-17-11-15(3)24-26(17)4/h5-11H,12H2,1-4H3,(H,22,28). The molecule has 1 aromatic carbocycles. The first-order valence-corrected chi connectivity index (χ1v) is 10.3. The summed E-state index contributed by atoms with van der Waals surface area (Å²) in [6.07, 6.45) is 0. The number of anilines is 1. The molecule has 1 amide bonds. The molecule has 4 aromatic rings. The predicted molar refractivity (Wildman–Crippen MR) is 115 cm³/mol. The molecular weight excluding hydrogens is 384 g/mol. The lowest BCUT2D eigenvalue weighted by Crippen LogP contribution is -2.16. The van der Waals surface area contributed by atoms with E-state index in [1.54, 1.807) is 11.7 Å². The van der Waals surface area contributed by atoms with E-state index in [1.165, 1.54) is 11.8 Å². The fraction of sp³-hybridized carbons (Fsp3) is 0.238. The molecule has 4 rings (SSSR count). The minimum atomic E-state index is -0.111. The average molecular weight is 407 g/mol. The molecule has 8 heteroatoms. The van der Waals surface area contributed by atoms with Crippen LogP contribution in [-0.4, -0.2) is 36.0 Å². The number of benzene rings is 1. The first-order valence-electron chi connectivity index (χ1n) is 9.28. The molecule has 0 fully saturated rings. The largest absolute Gasteiger partial charge is 0.310 e. The van der Waals surface area contributed by atoms with Gasteiger partial charge < -0.3 is 5.32 Å². The van der Waals surface area contributed by atoms with E-state index in [0.29, 0.717) is 11.0 Å². The van der Waals surface area contributed by atoms with E-state index in [0.717, 1.165) is 33.7 Å². The summed E-state index contributed by atoms with van der Waals surface area (Å²) in [5.74, 6) is 0.794. The monoisotopic (exact) mass is 406 g/mol. The van der Waals surface area contributed by atoms with E-state index >= 15 is 0 Å². The number of aryl methyl sites for hydroxylation is 4. The molecule has 0 radical (unpaired) electrons. The topological polar surface area (TPSA) is 77.1 Å². The first kappa shape index (κ1) is 19.2. The van der Waals surface area contributed by atoms with E-state index in [4.69, 9.17) is 4.98 Å². The number of rotatable bonds is 5. The van der Waals surface area contributed by atoms with E-state index in [9.17, 15) is 4.79 Å². The zero-order chi connectivity index (χ0) is 20.5. The summed E-state index contributed by atoms with van der Waals surface area (Å²) < 4.78 is 3.50. The number of nitrogens with zero attached hydrogens (tertiary/aromatic N) is 5. The number of hydrogen-bond acceptors (Lipinski definition) is 5. The van der Waals surface area contributed by atoms with Crippen molar-refractivity contribution in [2.45, 2.75) is 25.9 Å². The number of imidazole rings is 1. The van der Waals surface area contributed by atoms with Gasteiger partial charge in [-0.05, 0) is 32.4 Å². The Morgan fingerprint density at radius 3 is 2.48 bits per heavy atom. The maximum absolute atomic E-state index is 12.5. The van der Waals surface area contributed by atoms with Crippen LogP contribution in [0.2, 0.25) is 0 Å². The van der Waals surface area contributed by atoms with Gasteiger partial charge in [0.1, 0.15) is 5.82 Å². The number of thioether (sulfide) groups is 1. The highest BCUT2D eigenvalue weighted by molar-refractivity contribution is 7.99. The predicted octanol–water partition coefficient (Wildman–Crippen LogP) is 3.79. The Bertz CT molecular complexity index is 1200. The third kappa shape index (κ3) is 3.88. The van der Waals surface area contributed by atoms with Gasteiger partial charge >= 0.3 is 0 Å². The van der Waals surface area contributed by atoms with Crippen molar-refractivity contribution in [3.05, 3.63) is 59.4 Å². The number of fused-ring (bicyclic) bond motifs is 1. The molecule has 0 spiro atoms. The van der Waals surface area contributed by atoms with Crippen LogP contribution >= 0.6 is 11.8 Å². The van der Waals surface area contributed by atoms with Crippen LogP contribution in [0.1, 0.15) is 17.0 Å². The van der Waals surface area contributed by atoms with Crippen LogP contribution in [0.15, 0.2) is 47.6 Å². The Morgan fingerprint density at radius 1 is 1.07 bits per heavy atom. The van der Waals surface area contributed by atoms with E-state index in [-0.39, 0.29) is 11.7 Å². The van der Waals surface area contributed by atoms with Crippen LogP contribution in [0.25, 0.3) is 16.8 Å². The molecular formula is C21H22N6OS. The van der Waals surface area contributed by atoms with Gasteiger partial charge in [-0.3, -0.25) is 9.48 Å². The van der Waals surface area contributed by atoms with Gasteiger partial charge in [0, 0.05) is 18.7 Å². The fourth-order valence-electron chi connectivity index (χ4n) is 3.33. The maximum Gasteiger partial charge on any atom is 0.235 e. The second-order valence-corrected chi connectivity index (χ2v) is 7.91. The van der Waals surface area contributed by atoms with Gasteiger partial charge in [-0.1, -0.05) is 42.1 Å². The Kier molecular flexibility index (Phi) is 5.10. The van der Waals surface area contributed by atoms with Crippen molar-refractivity contribution in [1.82, 2.24) is 24.4 Å². The van der Waals surface area contributed by atoms with Crippen molar-refractivity contribution < 1.29 is 4.79 Å². The minimum absolute atomic E-state index is 0.111. The second kappa shape index (κ2) is 7.71. The number of aromatic nitrogens is 5. The lowest BCUT2D eigenvalue weighted by molar-refractivity contribution is -0.113. The van der Waals surface area contributed by atoms with E-state index in [1.807, 2.05) is 54.8 Å². The molecule has 1 N–H and O–H groups in total. The highest BCUT2D eigenvalue weighted by atomic mass is 32.2. The molecule has 0 saturated carbocycles. The van der Waals surface area contributed by atoms with Crippen LogP contribution in [0.3, 0.4) is 0 Å². The van der Waals surface area contributed by atoms with Crippen LogP contribution in [0.4, 0.5) is 5.82 Å². The molecule has 0 saturated heterocycles. The van der Waals surface area contributed by atoms with Crippen LogP contribution in [0, 0.1) is 20.8 Å². The highest BCUT2D eigenvalue weighted by Gasteiger charge is 2.18. The molecule has 0 aliphatic heterocycles. The molecule has 0 aliphatic carbocycles. The molecule has 0 bridgehead atoms. The van der Waals surface area contributed by atoms with Crippen molar-refractivity contribution in [1.29, 1.82) is 0 Å². The summed E-state index contributed by atoms with van der Waals surface area (Å²) in [6.45, 7) is 5.91. The van der Waals surface area contributed by atoms with Crippen LogP contribution in [-0.2, 0) is 11.8 Å². The van der Waals surface area contributed by atoms with Crippen molar-refractivity contribution >= 4 is 29.0 Å². The maximum atomic E-state index is 12.5. The SMILES string of the molecule is Cc1cc(NC(=O)CSc2nc(-c3ccccc3)c3c(C)cc(C)nn23)n(C)n1. The van der Waals surface area contributed by atoms with Crippen molar-refractivity contribution in [3.63, 3.8) is 0 Å². The third-order valence-corrected chi connectivity index (χ3v) is 5.46. The third-order valence-electron chi connectivity index (χ3n) is 4.53. The van der Waals surface area contributed by atoms with Gasteiger partial charge in [-0.15, -0.1) is 0 Å². The molecule has 0 atom stereocenters. The highest BCUT2D eigenvalue weighted by Crippen LogP contribution is 2.30. The van der Waals surface area contributed by atoms with Crippen molar-refractivity contribution in [3.8, 4) is 11.3 Å². The summed E-state index contributed by atoms with van der Waals surface area (Å²) in [6, 6.07) is 13.9. The van der Waals surface area contributed by atoms with E-state index < -0.39 is 0 Å². The molecule has 148 valence electrons. The molecule has 0 aliphatic rings. The summed E-state index contributed by atoms with van der Waals surface area (Å²) in [4.78, 5) is 17.3. The lowest BCUT2D eigenvalue weighted by Gasteiger charge is -2.06. The summed E-state index contributed by atoms with van der Waals surface area (Å²) in [7, 11) is 1.81. The molecule has 0 unspecified atom stereocenters. The number of carbonyl (C=O) groups excluding carboxylic acids is 1. The number of carbonyl (C=O) groups is 1. The quantitative estimate of drug-likeness (QED) is 0.510. The number of amides is 1. The van der Waals surface area contributed by atoms with Crippen molar-refractivity contribution in [2.75, 3.05) is 11.1 Å². The molecule has 3 aromatic heterocycles. The molecule has 29 heavy (non-hydrogen) atoms. The van der Waals surface area contributed by atoms with Gasteiger partial charge in [0.25, 0.3) is 0 Å². The van der Waals surface area contributed by atoms with E-state index in [2.05, 4.69) is 28.5 Å². The molecule has 7 nitrogen and oxygen atoms in total. The Labute approximate surface area is 173 Å².